The monoisotopic (exact) mass is 268 g/mol. The van der Waals surface area contributed by atoms with Crippen molar-refractivity contribution in [2.24, 2.45) is 17.8 Å². The van der Waals surface area contributed by atoms with E-state index >= 15 is 0 Å². The lowest BCUT2D eigenvalue weighted by Gasteiger charge is -2.35. The molecule has 0 N–H and O–H groups in total. The quantitative estimate of drug-likeness (QED) is 0.734. The SMILES string of the molecule is COC1CCC(C(C)CC2CCCC(OC)C2)CC1. The van der Waals surface area contributed by atoms with Crippen molar-refractivity contribution in [1.29, 1.82) is 0 Å². The second kappa shape index (κ2) is 7.64. The number of rotatable bonds is 5. The molecule has 2 fully saturated rings. The maximum Gasteiger partial charge on any atom is 0.0574 e. The lowest BCUT2D eigenvalue weighted by molar-refractivity contribution is 0.0313. The molecule has 2 aliphatic rings. The van der Waals surface area contributed by atoms with Crippen LogP contribution in [-0.4, -0.2) is 26.4 Å². The van der Waals surface area contributed by atoms with Gasteiger partial charge in [0.25, 0.3) is 0 Å². The molecule has 0 spiro atoms. The Balaban J connectivity index is 1.73. The fourth-order valence-corrected chi connectivity index (χ4v) is 4.28. The van der Waals surface area contributed by atoms with E-state index in [9.17, 15) is 0 Å². The fraction of sp³-hybridized carbons (Fsp3) is 1.00. The third-order valence-corrected chi connectivity index (χ3v) is 5.63. The van der Waals surface area contributed by atoms with Gasteiger partial charge >= 0.3 is 0 Å². The molecule has 2 aliphatic carbocycles. The van der Waals surface area contributed by atoms with Crippen molar-refractivity contribution < 1.29 is 9.47 Å². The Hall–Kier alpha value is -0.0800. The molecule has 0 aromatic carbocycles. The molecule has 3 atom stereocenters. The summed E-state index contributed by atoms with van der Waals surface area (Å²) < 4.78 is 11.0. The summed E-state index contributed by atoms with van der Waals surface area (Å²) in [6, 6.07) is 0. The molecule has 2 heteroatoms. The van der Waals surface area contributed by atoms with Crippen LogP contribution in [0, 0.1) is 17.8 Å². The maximum absolute atomic E-state index is 5.56. The first-order valence-electron chi connectivity index (χ1n) is 8.28. The second-order valence-electron chi connectivity index (χ2n) is 6.88. The van der Waals surface area contributed by atoms with Crippen LogP contribution in [0.1, 0.15) is 64.7 Å². The van der Waals surface area contributed by atoms with E-state index in [2.05, 4.69) is 6.92 Å². The van der Waals surface area contributed by atoms with Crippen LogP contribution < -0.4 is 0 Å². The summed E-state index contributed by atoms with van der Waals surface area (Å²) >= 11 is 0. The van der Waals surface area contributed by atoms with E-state index in [1.807, 2.05) is 14.2 Å². The molecule has 0 aliphatic heterocycles. The third-order valence-electron chi connectivity index (χ3n) is 5.63. The topological polar surface area (TPSA) is 18.5 Å². The molecule has 0 heterocycles. The van der Waals surface area contributed by atoms with E-state index < -0.39 is 0 Å². The minimum absolute atomic E-state index is 0.537. The zero-order chi connectivity index (χ0) is 13.7. The third kappa shape index (κ3) is 4.46. The summed E-state index contributed by atoms with van der Waals surface area (Å²) in [7, 11) is 3.74. The summed E-state index contributed by atoms with van der Waals surface area (Å²) in [5.41, 5.74) is 0. The highest BCUT2D eigenvalue weighted by Crippen LogP contribution is 2.37. The highest BCUT2D eigenvalue weighted by Gasteiger charge is 2.29. The van der Waals surface area contributed by atoms with E-state index in [1.165, 1.54) is 57.8 Å². The van der Waals surface area contributed by atoms with Gasteiger partial charge in [0.15, 0.2) is 0 Å². The molecule has 3 unspecified atom stereocenters. The molecular formula is C17H32O2. The summed E-state index contributed by atoms with van der Waals surface area (Å²) in [6.07, 6.45) is 13.2. The van der Waals surface area contributed by atoms with Gasteiger partial charge in [0.2, 0.25) is 0 Å². The molecule has 2 rings (SSSR count). The average molecular weight is 268 g/mol. The molecule has 0 bridgehead atoms. The van der Waals surface area contributed by atoms with Gasteiger partial charge in [-0.1, -0.05) is 19.8 Å². The molecule has 19 heavy (non-hydrogen) atoms. The van der Waals surface area contributed by atoms with Crippen molar-refractivity contribution in [3.63, 3.8) is 0 Å². The van der Waals surface area contributed by atoms with Crippen molar-refractivity contribution in [2.75, 3.05) is 14.2 Å². The van der Waals surface area contributed by atoms with Crippen LogP contribution in [0.3, 0.4) is 0 Å². The van der Waals surface area contributed by atoms with Gasteiger partial charge < -0.3 is 9.47 Å². The number of ether oxygens (including phenoxy) is 2. The highest BCUT2D eigenvalue weighted by atomic mass is 16.5. The standard InChI is InChI=1S/C17H32O2/c1-13(15-7-9-16(18-2)10-8-15)11-14-5-4-6-17(12-14)19-3/h13-17H,4-12H2,1-3H3. The Morgan fingerprint density at radius 2 is 1.58 bits per heavy atom. The van der Waals surface area contributed by atoms with Gasteiger partial charge in [0.1, 0.15) is 0 Å². The van der Waals surface area contributed by atoms with Crippen molar-refractivity contribution in [2.45, 2.75) is 76.9 Å². The molecule has 112 valence electrons. The maximum atomic E-state index is 5.56. The summed E-state index contributed by atoms with van der Waals surface area (Å²) in [5.74, 6) is 2.74. The van der Waals surface area contributed by atoms with Gasteiger partial charge in [-0.15, -0.1) is 0 Å². The Bertz CT molecular complexity index is 246. The number of hydrogen-bond donors (Lipinski definition) is 0. The van der Waals surface area contributed by atoms with E-state index in [0.29, 0.717) is 12.2 Å². The summed E-state index contributed by atoms with van der Waals surface area (Å²) in [5, 5.41) is 0. The van der Waals surface area contributed by atoms with Crippen LogP contribution in [0.15, 0.2) is 0 Å². The smallest absolute Gasteiger partial charge is 0.0574 e. The van der Waals surface area contributed by atoms with Crippen molar-refractivity contribution in [3.8, 4) is 0 Å². The minimum Gasteiger partial charge on any atom is -0.381 e. The van der Waals surface area contributed by atoms with E-state index in [1.54, 1.807) is 0 Å². The van der Waals surface area contributed by atoms with Crippen LogP contribution in [0.5, 0.6) is 0 Å². The van der Waals surface area contributed by atoms with Crippen LogP contribution in [-0.2, 0) is 9.47 Å². The molecular weight excluding hydrogens is 236 g/mol. The lowest BCUT2D eigenvalue weighted by atomic mass is 9.73. The zero-order valence-corrected chi connectivity index (χ0v) is 13.1. The van der Waals surface area contributed by atoms with Crippen molar-refractivity contribution >= 4 is 0 Å². The average Bonchev–Trinajstić information content (AvgIpc) is 2.47. The van der Waals surface area contributed by atoms with Crippen LogP contribution in [0.4, 0.5) is 0 Å². The van der Waals surface area contributed by atoms with Crippen molar-refractivity contribution in [1.82, 2.24) is 0 Å². The van der Waals surface area contributed by atoms with Gasteiger partial charge in [-0.2, -0.15) is 0 Å². The predicted molar refractivity (Wildman–Crippen MR) is 79.3 cm³/mol. The first-order valence-corrected chi connectivity index (χ1v) is 8.28. The Kier molecular flexibility index (Phi) is 6.15. The van der Waals surface area contributed by atoms with Crippen LogP contribution in [0.2, 0.25) is 0 Å². The van der Waals surface area contributed by atoms with E-state index in [0.717, 1.165) is 17.8 Å². The molecule has 0 amide bonds. The van der Waals surface area contributed by atoms with E-state index in [-0.39, 0.29) is 0 Å². The molecule has 0 radical (unpaired) electrons. The Labute approximate surface area is 119 Å². The van der Waals surface area contributed by atoms with Crippen molar-refractivity contribution in [3.05, 3.63) is 0 Å². The van der Waals surface area contributed by atoms with Gasteiger partial charge in [-0.05, 0) is 62.7 Å². The fourth-order valence-electron chi connectivity index (χ4n) is 4.28. The Morgan fingerprint density at radius 3 is 2.21 bits per heavy atom. The molecule has 0 aromatic rings. The lowest BCUT2D eigenvalue weighted by Crippen LogP contribution is -2.27. The van der Waals surface area contributed by atoms with Crippen LogP contribution >= 0.6 is 0 Å². The van der Waals surface area contributed by atoms with Gasteiger partial charge in [-0.25, -0.2) is 0 Å². The minimum atomic E-state index is 0.537. The van der Waals surface area contributed by atoms with Crippen LogP contribution in [0.25, 0.3) is 0 Å². The first kappa shape index (κ1) is 15.3. The number of methoxy groups -OCH3 is 2. The van der Waals surface area contributed by atoms with Gasteiger partial charge in [0.05, 0.1) is 12.2 Å². The normalized spacial score (nSPS) is 38.1. The Morgan fingerprint density at radius 1 is 0.895 bits per heavy atom. The van der Waals surface area contributed by atoms with Gasteiger partial charge in [0, 0.05) is 14.2 Å². The zero-order valence-electron chi connectivity index (χ0n) is 13.1. The molecule has 0 aromatic heterocycles. The molecule has 0 saturated heterocycles. The molecule has 2 nitrogen and oxygen atoms in total. The number of hydrogen-bond acceptors (Lipinski definition) is 2. The second-order valence-corrected chi connectivity index (χ2v) is 6.88. The summed E-state index contributed by atoms with van der Waals surface area (Å²) in [4.78, 5) is 0. The largest absolute Gasteiger partial charge is 0.381 e. The summed E-state index contributed by atoms with van der Waals surface area (Å²) in [6.45, 7) is 2.48. The van der Waals surface area contributed by atoms with E-state index in [4.69, 9.17) is 9.47 Å². The highest BCUT2D eigenvalue weighted by molar-refractivity contribution is 4.80. The predicted octanol–water partition coefficient (Wildman–Crippen LogP) is 4.42. The van der Waals surface area contributed by atoms with Gasteiger partial charge in [-0.3, -0.25) is 0 Å². The first-order chi connectivity index (χ1) is 9.22. The molecule has 2 saturated carbocycles.